The summed E-state index contributed by atoms with van der Waals surface area (Å²) in [6, 6.07) is 13.4. The fourth-order valence-corrected chi connectivity index (χ4v) is 2.64. The minimum absolute atomic E-state index is 0.245. The van der Waals surface area contributed by atoms with Crippen molar-refractivity contribution in [1.82, 2.24) is 5.43 Å². The predicted octanol–water partition coefficient (Wildman–Crippen LogP) is 3.76. The minimum atomic E-state index is -0.686. The molecule has 0 saturated heterocycles. The molecule has 2 aromatic rings. The molecular formula is C16H16FN3OS. The number of carbonyl (C=O) groups is 1. The van der Waals surface area contributed by atoms with Gasteiger partial charge in [-0.25, -0.2) is 14.6 Å². The van der Waals surface area contributed by atoms with E-state index in [2.05, 4.69) is 10.5 Å². The molecule has 4 nitrogen and oxygen atoms in total. The smallest absolute Gasteiger partial charge is 0.332 e. The van der Waals surface area contributed by atoms with E-state index >= 15 is 0 Å². The summed E-state index contributed by atoms with van der Waals surface area (Å²) in [7, 11) is 0. The van der Waals surface area contributed by atoms with Gasteiger partial charge < -0.3 is 5.73 Å². The molecule has 2 amide bonds. The summed E-state index contributed by atoms with van der Waals surface area (Å²) in [5.41, 5.74) is 8.91. The first-order valence-electron chi connectivity index (χ1n) is 6.74. The second-order valence-corrected chi connectivity index (χ2v) is 5.62. The van der Waals surface area contributed by atoms with E-state index in [0.717, 1.165) is 21.1 Å². The lowest BCUT2D eigenvalue weighted by atomic mass is 10.1. The van der Waals surface area contributed by atoms with E-state index in [9.17, 15) is 9.18 Å². The zero-order valence-corrected chi connectivity index (χ0v) is 12.9. The van der Waals surface area contributed by atoms with Crippen LogP contribution in [0.4, 0.5) is 9.18 Å². The highest BCUT2D eigenvalue weighted by Gasteiger charge is 2.03. The summed E-state index contributed by atoms with van der Waals surface area (Å²) in [5.74, 6) is -0.245. The average Bonchev–Trinajstić information content (AvgIpc) is 2.51. The van der Waals surface area contributed by atoms with E-state index in [1.54, 1.807) is 23.9 Å². The maximum atomic E-state index is 12.9. The molecule has 6 heteroatoms. The molecule has 0 aliphatic carbocycles. The Morgan fingerprint density at radius 1 is 1.14 bits per heavy atom. The van der Waals surface area contributed by atoms with Gasteiger partial charge in [0, 0.05) is 9.79 Å². The number of hydrazone groups is 1. The van der Waals surface area contributed by atoms with E-state index in [1.807, 2.05) is 31.2 Å². The number of carbonyl (C=O) groups excluding carboxylic acids is 1. The van der Waals surface area contributed by atoms with Gasteiger partial charge in [0.25, 0.3) is 0 Å². The van der Waals surface area contributed by atoms with Crippen LogP contribution in [0.25, 0.3) is 0 Å². The molecule has 22 heavy (non-hydrogen) atoms. The molecular weight excluding hydrogens is 301 g/mol. The van der Waals surface area contributed by atoms with E-state index in [-0.39, 0.29) is 5.82 Å². The van der Waals surface area contributed by atoms with Crippen LogP contribution in [0.2, 0.25) is 0 Å². The monoisotopic (exact) mass is 317 g/mol. The van der Waals surface area contributed by atoms with E-state index < -0.39 is 6.03 Å². The van der Waals surface area contributed by atoms with Crippen molar-refractivity contribution in [2.75, 3.05) is 0 Å². The molecule has 2 aromatic carbocycles. The van der Waals surface area contributed by atoms with Gasteiger partial charge in [0.1, 0.15) is 5.82 Å². The van der Waals surface area contributed by atoms with Crippen LogP contribution >= 0.6 is 11.8 Å². The number of benzene rings is 2. The molecule has 0 aliphatic heterocycles. The van der Waals surface area contributed by atoms with Gasteiger partial charge >= 0.3 is 6.03 Å². The van der Waals surface area contributed by atoms with E-state index in [0.29, 0.717) is 6.42 Å². The topological polar surface area (TPSA) is 67.5 Å². The number of amides is 2. The van der Waals surface area contributed by atoms with Gasteiger partial charge in [-0.2, -0.15) is 5.10 Å². The lowest BCUT2D eigenvalue weighted by molar-refractivity contribution is 0.249. The number of urea groups is 1. The molecule has 0 radical (unpaired) electrons. The number of primary amides is 1. The number of nitrogens with two attached hydrogens (primary N) is 1. The Balaban J connectivity index is 2.10. The fraction of sp³-hybridized carbons (Fsp3) is 0.125. The lowest BCUT2D eigenvalue weighted by Gasteiger charge is -2.06. The number of nitrogens with zero attached hydrogens (tertiary/aromatic N) is 1. The van der Waals surface area contributed by atoms with Gasteiger partial charge in [-0.05, 0) is 48.4 Å². The molecule has 0 aliphatic rings. The molecule has 0 unspecified atom stereocenters. The van der Waals surface area contributed by atoms with E-state index in [1.165, 1.54) is 12.1 Å². The quantitative estimate of drug-likeness (QED) is 0.651. The summed E-state index contributed by atoms with van der Waals surface area (Å²) in [6.07, 6.45) is 0.671. The number of nitrogens with one attached hydrogen (secondary N) is 1. The van der Waals surface area contributed by atoms with Crippen molar-refractivity contribution in [2.24, 2.45) is 10.8 Å². The van der Waals surface area contributed by atoms with Crippen molar-refractivity contribution in [1.29, 1.82) is 0 Å². The van der Waals surface area contributed by atoms with Crippen LogP contribution in [0.15, 0.2) is 63.4 Å². The van der Waals surface area contributed by atoms with Crippen LogP contribution in [0.5, 0.6) is 0 Å². The van der Waals surface area contributed by atoms with Crippen molar-refractivity contribution in [2.45, 2.75) is 23.1 Å². The number of rotatable bonds is 5. The normalized spacial score (nSPS) is 11.3. The van der Waals surface area contributed by atoms with Crippen molar-refractivity contribution >= 4 is 23.5 Å². The van der Waals surface area contributed by atoms with Crippen LogP contribution in [0.1, 0.15) is 18.9 Å². The Hall–Kier alpha value is -2.34. The Morgan fingerprint density at radius 2 is 1.68 bits per heavy atom. The summed E-state index contributed by atoms with van der Waals surface area (Å²) >= 11 is 1.55. The Labute approximate surface area is 132 Å². The van der Waals surface area contributed by atoms with Gasteiger partial charge in [0.05, 0.1) is 5.71 Å². The van der Waals surface area contributed by atoms with Crippen LogP contribution in [0, 0.1) is 5.82 Å². The maximum Gasteiger partial charge on any atom is 0.332 e. The molecule has 0 heterocycles. The van der Waals surface area contributed by atoms with Crippen LogP contribution in [0.3, 0.4) is 0 Å². The molecule has 0 atom stereocenters. The molecule has 0 aromatic heterocycles. The summed E-state index contributed by atoms with van der Waals surface area (Å²) in [6.45, 7) is 1.95. The van der Waals surface area contributed by atoms with Crippen molar-refractivity contribution in [3.8, 4) is 0 Å². The first kappa shape index (κ1) is 16.0. The number of halogens is 1. The average molecular weight is 317 g/mol. The van der Waals surface area contributed by atoms with Crippen LogP contribution in [-0.4, -0.2) is 11.7 Å². The fourth-order valence-electron chi connectivity index (χ4n) is 1.82. The molecule has 3 N–H and O–H groups in total. The summed E-state index contributed by atoms with van der Waals surface area (Å²) in [5, 5.41) is 3.98. The molecule has 0 fully saturated rings. The summed E-state index contributed by atoms with van der Waals surface area (Å²) in [4.78, 5) is 12.7. The molecule has 0 spiro atoms. The Bertz CT molecular complexity index is 669. The second kappa shape index (κ2) is 7.61. The number of hydrogen-bond donors (Lipinski definition) is 2. The van der Waals surface area contributed by atoms with Gasteiger partial charge in [0.2, 0.25) is 0 Å². The molecule has 0 bridgehead atoms. The maximum absolute atomic E-state index is 12.9. The highest BCUT2D eigenvalue weighted by atomic mass is 32.2. The highest BCUT2D eigenvalue weighted by Crippen LogP contribution is 2.28. The number of hydrogen-bond acceptors (Lipinski definition) is 3. The van der Waals surface area contributed by atoms with Gasteiger partial charge in [-0.3, -0.25) is 0 Å². The van der Waals surface area contributed by atoms with Crippen molar-refractivity contribution < 1.29 is 9.18 Å². The molecule has 114 valence electrons. The SMILES string of the molecule is CC/C(=N/NC(N)=O)c1ccc(Sc2ccc(F)cc2)cc1. The third-order valence-electron chi connectivity index (χ3n) is 2.87. The Kier molecular flexibility index (Phi) is 5.55. The second-order valence-electron chi connectivity index (χ2n) is 4.47. The first-order valence-corrected chi connectivity index (χ1v) is 7.56. The third kappa shape index (κ3) is 4.60. The zero-order chi connectivity index (χ0) is 15.9. The van der Waals surface area contributed by atoms with Gasteiger partial charge in [0.15, 0.2) is 0 Å². The standard InChI is InChI=1S/C16H16FN3OS/c1-2-15(19-20-16(18)21)11-3-7-13(8-4-11)22-14-9-5-12(17)6-10-14/h3-10H,2H2,1H3,(H3,18,20,21)/b19-15-. The third-order valence-corrected chi connectivity index (χ3v) is 3.89. The molecule has 0 saturated carbocycles. The van der Waals surface area contributed by atoms with Gasteiger partial charge in [-0.15, -0.1) is 0 Å². The molecule has 2 rings (SSSR count). The predicted molar refractivity (Wildman–Crippen MR) is 86.5 cm³/mol. The van der Waals surface area contributed by atoms with Crippen molar-refractivity contribution in [3.05, 3.63) is 59.9 Å². The van der Waals surface area contributed by atoms with Crippen LogP contribution < -0.4 is 11.2 Å². The summed E-state index contributed by atoms with van der Waals surface area (Å²) < 4.78 is 12.9. The lowest BCUT2D eigenvalue weighted by Crippen LogP contribution is -2.25. The Morgan fingerprint density at radius 3 is 2.18 bits per heavy atom. The zero-order valence-electron chi connectivity index (χ0n) is 12.0. The van der Waals surface area contributed by atoms with Crippen LogP contribution in [-0.2, 0) is 0 Å². The highest BCUT2D eigenvalue weighted by molar-refractivity contribution is 7.99. The largest absolute Gasteiger partial charge is 0.350 e. The van der Waals surface area contributed by atoms with Crippen molar-refractivity contribution in [3.63, 3.8) is 0 Å². The van der Waals surface area contributed by atoms with E-state index in [4.69, 9.17) is 5.73 Å². The minimum Gasteiger partial charge on any atom is -0.350 e. The van der Waals surface area contributed by atoms with Gasteiger partial charge in [-0.1, -0.05) is 30.8 Å². The first-order chi connectivity index (χ1) is 10.6.